The van der Waals surface area contributed by atoms with Crippen LogP contribution in [0.5, 0.6) is 0 Å². The van der Waals surface area contributed by atoms with Gasteiger partial charge in [0.25, 0.3) is 5.91 Å². The van der Waals surface area contributed by atoms with Crippen LogP contribution in [0.25, 0.3) is 0 Å². The standard InChI is InChI=1S/C12H18N4O2/c1-8(2)6-15-11(17)7-16-12(18)10-5-9(13)3-4-14-10/h3-5,8H,6-7H2,1-2H3,(H2,13,14)(H,15,17)(H,16,18). The molecule has 0 spiro atoms. The fraction of sp³-hybridized carbons (Fsp3) is 0.417. The average molecular weight is 250 g/mol. The molecule has 0 aliphatic carbocycles. The molecular weight excluding hydrogens is 232 g/mol. The zero-order valence-corrected chi connectivity index (χ0v) is 10.6. The summed E-state index contributed by atoms with van der Waals surface area (Å²) in [5.41, 5.74) is 6.19. The highest BCUT2D eigenvalue weighted by molar-refractivity contribution is 5.95. The van der Waals surface area contributed by atoms with Gasteiger partial charge in [0.1, 0.15) is 5.69 Å². The highest BCUT2D eigenvalue weighted by Gasteiger charge is 2.09. The number of nitrogens with one attached hydrogen (secondary N) is 2. The van der Waals surface area contributed by atoms with Gasteiger partial charge in [-0.1, -0.05) is 13.8 Å². The van der Waals surface area contributed by atoms with Crippen molar-refractivity contribution in [3.63, 3.8) is 0 Å². The molecule has 6 nitrogen and oxygen atoms in total. The Morgan fingerprint density at radius 2 is 2.11 bits per heavy atom. The van der Waals surface area contributed by atoms with Crippen molar-refractivity contribution in [2.24, 2.45) is 5.92 Å². The van der Waals surface area contributed by atoms with Gasteiger partial charge in [0.2, 0.25) is 5.91 Å². The predicted molar refractivity (Wildman–Crippen MR) is 68.8 cm³/mol. The normalized spacial score (nSPS) is 10.2. The van der Waals surface area contributed by atoms with Crippen molar-refractivity contribution in [2.75, 3.05) is 18.8 Å². The summed E-state index contributed by atoms with van der Waals surface area (Å²) in [6, 6.07) is 3.05. The van der Waals surface area contributed by atoms with Gasteiger partial charge in [-0.3, -0.25) is 14.6 Å². The molecule has 18 heavy (non-hydrogen) atoms. The Morgan fingerprint density at radius 1 is 1.39 bits per heavy atom. The zero-order valence-electron chi connectivity index (χ0n) is 10.6. The van der Waals surface area contributed by atoms with Gasteiger partial charge in [-0.05, 0) is 18.1 Å². The monoisotopic (exact) mass is 250 g/mol. The molecule has 6 heteroatoms. The summed E-state index contributed by atoms with van der Waals surface area (Å²) in [6.07, 6.45) is 1.45. The van der Waals surface area contributed by atoms with Crippen molar-refractivity contribution in [1.82, 2.24) is 15.6 Å². The van der Waals surface area contributed by atoms with E-state index in [1.54, 1.807) is 6.07 Å². The molecule has 2 amide bonds. The van der Waals surface area contributed by atoms with E-state index in [1.807, 2.05) is 13.8 Å². The van der Waals surface area contributed by atoms with Crippen LogP contribution in [-0.2, 0) is 4.79 Å². The van der Waals surface area contributed by atoms with Crippen LogP contribution in [-0.4, -0.2) is 29.9 Å². The molecule has 0 aliphatic heterocycles. The van der Waals surface area contributed by atoms with E-state index >= 15 is 0 Å². The Labute approximate surface area is 106 Å². The van der Waals surface area contributed by atoms with E-state index in [-0.39, 0.29) is 18.1 Å². The first-order valence-electron chi connectivity index (χ1n) is 5.75. The zero-order chi connectivity index (χ0) is 13.5. The van der Waals surface area contributed by atoms with Crippen molar-refractivity contribution in [3.8, 4) is 0 Å². The largest absolute Gasteiger partial charge is 0.399 e. The number of nitrogens with zero attached hydrogens (tertiary/aromatic N) is 1. The molecule has 0 atom stereocenters. The first-order valence-corrected chi connectivity index (χ1v) is 5.75. The number of nitrogens with two attached hydrogens (primary N) is 1. The van der Waals surface area contributed by atoms with Crippen molar-refractivity contribution in [1.29, 1.82) is 0 Å². The molecule has 1 aromatic rings. The fourth-order valence-electron chi connectivity index (χ4n) is 1.20. The molecule has 1 heterocycles. The SMILES string of the molecule is CC(C)CNC(=O)CNC(=O)c1cc(N)ccn1. The maximum atomic E-state index is 11.6. The van der Waals surface area contributed by atoms with E-state index in [0.717, 1.165) is 0 Å². The number of carbonyl (C=O) groups excluding carboxylic acids is 2. The number of amides is 2. The Bertz CT molecular complexity index is 432. The highest BCUT2D eigenvalue weighted by Crippen LogP contribution is 2.02. The number of anilines is 1. The number of hydrogen-bond donors (Lipinski definition) is 3. The van der Waals surface area contributed by atoms with Gasteiger partial charge in [0, 0.05) is 18.4 Å². The van der Waals surface area contributed by atoms with Gasteiger partial charge in [0.15, 0.2) is 0 Å². The van der Waals surface area contributed by atoms with Gasteiger partial charge in [-0.15, -0.1) is 0 Å². The van der Waals surface area contributed by atoms with E-state index in [2.05, 4.69) is 15.6 Å². The van der Waals surface area contributed by atoms with Gasteiger partial charge in [0.05, 0.1) is 6.54 Å². The minimum atomic E-state index is -0.415. The summed E-state index contributed by atoms with van der Waals surface area (Å²) in [6.45, 7) is 4.51. The van der Waals surface area contributed by atoms with Gasteiger partial charge >= 0.3 is 0 Å². The summed E-state index contributed by atoms with van der Waals surface area (Å²) < 4.78 is 0. The minimum Gasteiger partial charge on any atom is -0.399 e. The molecule has 0 unspecified atom stereocenters. The lowest BCUT2D eigenvalue weighted by Gasteiger charge is -2.08. The van der Waals surface area contributed by atoms with Gasteiger partial charge in [-0.2, -0.15) is 0 Å². The molecule has 98 valence electrons. The van der Waals surface area contributed by atoms with Crippen LogP contribution in [0.4, 0.5) is 5.69 Å². The summed E-state index contributed by atoms with van der Waals surface area (Å²) >= 11 is 0. The highest BCUT2D eigenvalue weighted by atomic mass is 16.2. The summed E-state index contributed by atoms with van der Waals surface area (Å²) in [4.78, 5) is 26.9. The number of rotatable bonds is 5. The van der Waals surface area contributed by atoms with E-state index in [4.69, 9.17) is 5.73 Å². The third kappa shape index (κ3) is 4.82. The molecule has 4 N–H and O–H groups in total. The third-order valence-corrected chi connectivity index (χ3v) is 2.13. The van der Waals surface area contributed by atoms with Crippen molar-refractivity contribution in [2.45, 2.75) is 13.8 Å². The molecular formula is C12H18N4O2. The molecule has 0 fully saturated rings. The summed E-state index contributed by atoms with van der Waals surface area (Å²) in [7, 11) is 0. The Morgan fingerprint density at radius 3 is 2.72 bits per heavy atom. The van der Waals surface area contributed by atoms with Crippen LogP contribution in [0.15, 0.2) is 18.3 Å². The fourth-order valence-corrected chi connectivity index (χ4v) is 1.20. The minimum absolute atomic E-state index is 0.0674. The second kappa shape index (κ2) is 6.58. The number of aromatic nitrogens is 1. The van der Waals surface area contributed by atoms with Crippen LogP contribution in [0, 0.1) is 5.92 Å². The molecule has 0 saturated heterocycles. The molecule has 0 bridgehead atoms. The second-order valence-corrected chi connectivity index (χ2v) is 4.36. The van der Waals surface area contributed by atoms with Crippen molar-refractivity contribution >= 4 is 17.5 Å². The molecule has 0 aromatic carbocycles. The Balaban J connectivity index is 2.39. The second-order valence-electron chi connectivity index (χ2n) is 4.36. The van der Waals surface area contributed by atoms with Crippen LogP contribution in [0.2, 0.25) is 0 Å². The van der Waals surface area contributed by atoms with E-state index < -0.39 is 5.91 Å². The van der Waals surface area contributed by atoms with E-state index in [0.29, 0.717) is 18.2 Å². The first kappa shape index (κ1) is 14.0. The average Bonchev–Trinajstić information content (AvgIpc) is 2.33. The van der Waals surface area contributed by atoms with Gasteiger partial charge < -0.3 is 16.4 Å². The van der Waals surface area contributed by atoms with Crippen molar-refractivity contribution in [3.05, 3.63) is 24.0 Å². The Hall–Kier alpha value is -2.11. The third-order valence-electron chi connectivity index (χ3n) is 2.13. The number of hydrogen-bond acceptors (Lipinski definition) is 4. The van der Waals surface area contributed by atoms with Gasteiger partial charge in [-0.25, -0.2) is 0 Å². The summed E-state index contributed by atoms with van der Waals surface area (Å²) in [5.74, 6) is -0.261. The molecule has 1 aromatic heterocycles. The van der Waals surface area contributed by atoms with Crippen LogP contribution in [0.1, 0.15) is 24.3 Å². The Kier molecular flexibility index (Phi) is 5.10. The van der Waals surface area contributed by atoms with Crippen molar-refractivity contribution < 1.29 is 9.59 Å². The van der Waals surface area contributed by atoms with Crippen LogP contribution < -0.4 is 16.4 Å². The lowest BCUT2D eigenvalue weighted by molar-refractivity contribution is -0.120. The maximum absolute atomic E-state index is 11.6. The smallest absolute Gasteiger partial charge is 0.270 e. The number of nitrogen functional groups attached to an aromatic ring is 1. The lowest BCUT2D eigenvalue weighted by Crippen LogP contribution is -2.38. The molecule has 1 rings (SSSR count). The number of carbonyl (C=O) groups is 2. The van der Waals surface area contributed by atoms with Crippen LogP contribution in [0.3, 0.4) is 0 Å². The van der Waals surface area contributed by atoms with Crippen LogP contribution >= 0.6 is 0 Å². The predicted octanol–water partition coefficient (Wildman–Crippen LogP) is 0.166. The lowest BCUT2D eigenvalue weighted by atomic mass is 10.2. The topological polar surface area (TPSA) is 97.1 Å². The summed E-state index contributed by atoms with van der Waals surface area (Å²) in [5, 5.41) is 5.18. The molecule has 0 saturated carbocycles. The number of pyridine rings is 1. The maximum Gasteiger partial charge on any atom is 0.270 e. The van der Waals surface area contributed by atoms with E-state index in [9.17, 15) is 9.59 Å². The molecule has 0 aliphatic rings. The quantitative estimate of drug-likeness (QED) is 0.693. The van der Waals surface area contributed by atoms with E-state index in [1.165, 1.54) is 12.3 Å². The first-order chi connectivity index (χ1) is 8.49. The molecule has 0 radical (unpaired) electrons.